The smallest absolute Gasteiger partial charge is 0.304 e. The lowest BCUT2D eigenvalue weighted by Gasteiger charge is -2.11. The van der Waals surface area contributed by atoms with Crippen LogP contribution in [0.3, 0.4) is 0 Å². The number of hydrogen-bond donors (Lipinski definition) is 2. The summed E-state index contributed by atoms with van der Waals surface area (Å²) in [5, 5.41) is 8.65. The summed E-state index contributed by atoms with van der Waals surface area (Å²) in [5.41, 5.74) is 9.51. The molecule has 0 unspecified atom stereocenters. The Kier molecular flexibility index (Phi) is 3.06. The van der Waals surface area contributed by atoms with Crippen LogP contribution in [-0.2, 0) is 11.2 Å². The number of nitrogens with two attached hydrogens (primary N) is 1. The van der Waals surface area contributed by atoms with Crippen molar-refractivity contribution in [3.63, 3.8) is 0 Å². The van der Waals surface area contributed by atoms with Gasteiger partial charge in [-0.3, -0.25) is 4.79 Å². The van der Waals surface area contributed by atoms with Gasteiger partial charge in [0, 0.05) is 6.04 Å². The van der Waals surface area contributed by atoms with E-state index in [0.29, 0.717) is 6.42 Å². The molecule has 3 heteroatoms. The molecule has 1 aliphatic carbocycles. The quantitative estimate of drug-likeness (QED) is 0.808. The lowest BCUT2D eigenvalue weighted by molar-refractivity contribution is -0.137. The highest BCUT2D eigenvalue weighted by molar-refractivity contribution is 5.74. The van der Waals surface area contributed by atoms with Crippen molar-refractivity contribution in [1.29, 1.82) is 0 Å². The average Bonchev–Trinajstić information content (AvgIpc) is 2.61. The predicted molar refractivity (Wildman–Crippen MR) is 63.0 cm³/mol. The Morgan fingerprint density at radius 2 is 2.19 bits per heavy atom. The Morgan fingerprint density at radius 1 is 1.44 bits per heavy atom. The summed E-state index contributed by atoms with van der Waals surface area (Å²) in [6.07, 6.45) is 3.75. The summed E-state index contributed by atoms with van der Waals surface area (Å²) < 4.78 is 0. The molecule has 0 spiro atoms. The summed E-state index contributed by atoms with van der Waals surface area (Å²) in [4.78, 5) is 10.5. The highest BCUT2D eigenvalue weighted by Gasteiger charge is 2.17. The Hall–Kier alpha value is -1.61. The molecular formula is C13H15NO2. The number of carboxylic acids is 1. The molecule has 1 aliphatic rings. The van der Waals surface area contributed by atoms with Crippen molar-refractivity contribution in [3.8, 4) is 0 Å². The lowest BCUT2D eigenvalue weighted by atomic mass is 9.99. The summed E-state index contributed by atoms with van der Waals surface area (Å²) in [7, 11) is 0. The molecular weight excluding hydrogens is 202 g/mol. The van der Waals surface area contributed by atoms with Gasteiger partial charge in [-0.05, 0) is 29.5 Å². The SMILES string of the molecule is N[C@@H](CC(=O)O)CC1=CCc2ccccc21. The standard InChI is InChI=1S/C13H15NO2/c14-11(8-13(15)16)7-10-6-5-9-3-1-2-4-12(9)10/h1-4,6,11H,5,7-8,14H2,(H,15,16)/t11-/m1/s1. The van der Waals surface area contributed by atoms with E-state index in [0.717, 1.165) is 6.42 Å². The van der Waals surface area contributed by atoms with Crippen LogP contribution in [0, 0.1) is 0 Å². The Labute approximate surface area is 94.6 Å². The van der Waals surface area contributed by atoms with Crippen LogP contribution in [0.4, 0.5) is 0 Å². The summed E-state index contributed by atoms with van der Waals surface area (Å²) in [6, 6.07) is 7.89. The summed E-state index contributed by atoms with van der Waals surface area (Å²) >= 11 is 0. The van der Waals surface area contributed by atoms with Crippen molar-refractivity contribution in [1.82, 2.24) is 0 Å². The first-order chi connectivity index (χ1) is 7.66. The van der Waals surface area contributed by atoms with E-state index in [1.54, 1.807) is 0 Å². The van der Waals surface area contributed by atoms with Crippen LogP contribution in [0.15, 0.2) is 30.3 Å². The maximum atomic E-state index is 10.5. The fourth-order valence-electron chi connectivity index (χ4n) is 2.13. The van der Waals surface area contributed by atoms with Gasteiger partial charge >= 0.3 is 5.97 Å². The second-order valence-electron chi connectivity index (χ2n) is 4.15. The van der Waals surface area contributed by atoms with Crippen molar-refractivity contribution in [3.05, 3.63) is 41.5 Å². The molecule has 0 saturated heterocycles. The van der Waals surface area contributed by atoms with Gasteiger partial charge in [0.1, 0.15) is 0 Å². The van der Waals surface area contributed by atoms with Crippen molar-refractivity contribution in [2.45, 2.75) is 25.3 Å². The van der Waals surface area contributed by atoms with Gasteiger partial charge in [-0.15, -0.1) is 0 Å². The van der Waals surface area contributed by atoms with Gasteiger partial charge in [-0.1, -0.05) is 30.3 Å². The normalized spacial score (nSPS) is 15.4. The second kappa shape index (κ2) is 4.49. The average molecular weight is 217 g/mol. The minimum absolute atomic E-state index is 0.0273. The van der Waals surface area contributed by atoms with E-state index in [9.17, 15) is 4.79 Å². The van der Waals surface area contributed by atoms with Crippen molar-refractivity contribution < 1.29 is 9.90 Å². The molecule has 0 heterocycles. The minimum Gasteiger partial charge on any atom is -0.481 e. The highest BCUT2D eigenvalue weighted by Crippen LogP contribution is 2.30. The zero-order chi connectivity index (χ0) is 11.5. The number of benzene rings is 1. The van der Waals surface area contributed by atoms with Gasteiger partial charge in [0.25, 0.3) is 0 Å². The zero-order valence-corrected chi connectivity index (χ0v) is 9.02. The van der Waals surface area contributed by atoms with E-state index < -0.39 is 5.97 Å². The maximum absolute atomic E-state index is 10.5. The Balaban J connectivity index is 2.05. The van der Waals surface area contributed by atoms with E-state index in [1.807, 2.05) is 12.1 Å². The molecule has 1 atom stereocenters. The first-order valence-electron chi connectivity index (χ1n) is 5.41. The molecule has 0 aliphatic heterocycles. The zero-order valence-electron chi connectivity index (χ0n) is 9.02. The van der Waals surface area contributed by atoms with Crippen molar-refractivity contribution in [2.75, 3.05) is 0 Å². The third-order valence-corrected chi connectivity index (χ3v) is 2.85. The van der Waals surface area contributed by atoms with Gasteiger partial charge in [-0.2, -0.15) is 0 Å². The topological polar surface area (TPSA) is 63.3 Å². The number of carbonyl (C=O) groups is 1. The molecule has 1 aromatic carbocycles. The Bertz CT molecular complexity index is 437. The number of aliphatic carboxylic acids is 1. The largest absolute Gasteiger partial charge is 0.481 e. The fraction of sp³-hybridized carbons (Fsp3) is 0.308. The van der Waals surface area contributed by atoms with Gasteiger partial charge in [-0.25, -0.2) is 0 Å². The van der Waals surface area contributed by atoms with Gasteiger partial charge in [0.15, 0.2) is 0 Å². The van der Waals surface area contributed by atoms with E-state index in [-0.39, 0.29) is 12.5 Å². The van der Waals surface area contributed by atoms with Crippen LogP contribution in [0.25, 0.3) is 5.57 Å². The summed E-state index contributed by atoms with van der Waals surface area (Å²) in [6.45, 7) is 0. The van der Waals surface area contributed by atoms with Crippen LogP contribution < -0.4 is 5.73 Å². The third-order valence-electron chi connectivity index (χ3n) is 2.85. The fourth-order valence-corrected chi connectivity index (χ4v) is 2.13. The third kappa shape index (κ3) is 2.31. The van der Waals surface area contributed by atoms with E-state index in [4.69, 9.17) is 10.8 Å². The monoisotopic (exact) mass is 217 g/mol. The molecule has 3 nitrogen and oxygen atoms in total. The van der Waals surface area contributed by atoms with Crippen LogP contribution in [0.2, 0.25) is 0 Å². The van der Waals surface area contributed by atoms with E-state index in [1.165, 1.54) is 16.7 Å². The van der Waals surface area contributed by atoms with Crippen LogP contribution in [0.1, 0.15) is 24.0 Å². The molecule has 0 fully saturated rings. The van der Waals surface area contributed by atoms with Gasteiger partial charge in [0.2, 0.25) is 0 Å². The number of rotatable bonds is 4. The summed E-state index contributed by atoms with van der Waals surface area (Å²) in [5.74, 6) is -0.834. The van der Waals surface area contributed by atoms with Gasteiger partial charge < -0.3 is 10.8 Å². The van der Waals surface area contributed by atoms with Crippen LogP contribution in [-0.4, -0.2) is 17.1 Å². The molecule has 0 radical (unpaired) electrons. The molecule has 2 rings (SSSR count). The predicted octanol–water partition coefficient (Wildman–Crippen LogP) is 1.82. The van der Waals surface area contributed by atoms with E-state index >= 15 is 0 Å². The molecule has 0 bridgehead atoms. The van der Waals surface area contributed by atoms with Crippen LogP contribution in [0.5, 0.6) is 0 Å². The number of allylic oxidation sites excluding steroid dienone is 1. The molecule has 16 heavy (non-hydrogen) atoms. The Morgan fingerprint density at radius 3 is 2.94 bits per heavy atom. The lowest BCUT2D eigenvalue weighted by Crippen LogP contribution is -2.23. The molecule has 0 aromatic heterocycles. The number of hydrogen-bond acceptors (Lipinski definition) is 2. The molecule has 0 saturated carbocycles. The first-order valence-corrected chi connectivity index (χ1v) is 5.41. The van der Waals surface area contributed by atoms with Crippen molar-refractivity contribution in [2.24, 2.45) is 5.73 Å². The van der Waals surface area contributed by atoms with Crippen molar-refractivity contribution >= 4 is 11.5 Å². The molecule has 1 aromatic rings. The van der Waals surface area contributed by atoms with Crippen LogP contribution >= 0.6 is 0 Å². The second-order valence-corrected chi connectivity index (χ2v) is 4.15. The molecule has 84 valence electrons. The highest BCUT2D eigenvalue weighted by atomic mass is 16.4. The van der Waals surface area contributed by atoms with E-state index in [2.05, 4.69) is 18.2 Å². The number of fused-ring (bicyclic) bond motifs is 1. The molecule has 0 amide bonds. The first kappa shape index (κ1) is 10.9. The van der Waals surface area contributed by atoms with Gasteiger partial charge in [0.05, 0.1) is 6.42 Å². The molecule has 3 N–H and O–H groups in total. The number of carboxylic acid groups (broad SMARTS) is 1. The maximum Gasteiger partial charge on any atom is 0.304 e. The minimum atomic E-state index is -0.834.